The Labute approximate surface area is 147 Å². The molecular formula is C18H24N6O. The average Bonchev–Trinajstić information content (AvgIpc) is 3.13. The van der Waals surface area contributed by atoms with Crippen molar-refractivity contribution in [2.45, 2.75) is 27.2 Å². The Bertz CT molecular complexity index is 835. The summed E-state index contributed by atoms with van der Waals surface area (Å²) in [6.07, 6.45) is 4.86. The highest BCUT2D eigenvalue weighted by molar-refractivity contribution is 5.89. The Morgan fingerprint density at radius 1 is 1.24 bits per heavy atom. The third-order valence-corrected chi connectivity index (χ3v) is 3.34. The number of nitrogens with two attached hydrogens (primary N) is 1. The predicted molar refractivity (Wildman–Crippen MR) is 99.7 cm³/mol. The van der Waals surface area contributed by atoms with Crippen LogP contribution in [0, 0.1) is 6.92 Å². The zero-order chi connectivity index (χ0) is 18.4. The molecule has 2 heterocycles. The van der Waals surface area contributed by atoms with Gasteiger partial charge in [-0.25, -0.2) is 9.48 Å². The number of carbonyl (C=O) groups is 1. The molecule has 0 aliphatic carbocycles. The van der Waals surface area contributed by atoms with Gasteiger partial charge in [0.25, 0.3) is 0 Å². The highest BCUT2D eigenvalue weighted by Crippen LogP contribution is 2.29. The zero-order valence-corrected chi connectivity index (χ0v) is 15.0. The number of hydrogen-bond donors (Lipinski definition) is 2. The number of benzene rings is 1. The van der Waals surface area contributed by atoms with Crippen LogP contribution in [0.25, 0.3) is 16.9 Å². The summed E-state index contributed by atoms with van der Waals surface area (Å²) in [6.45, 7) is 6.14. The molecular weight excluding hydrogens is 316 g/mol. The zero-order valence-electron chi connectivity index (χ0n) is 15.0. The molecule has 0 radical (unpaired) electrons. The summed E-state index contributed by atoms with van der Waals surface area (Å²) in [7, 11) is 1.84. The van der Waals surface area contributed by atoms with Gasteiger partial charge in [-0.1, -0.05) is 38.5 Å². The highest BCUT2D eigenvalue weighted by atomic mass is 16.2. The number of aromatic nitrogens is 4. The Kier molecular flexibility index (Phi) is 5.94. The molecule has 3 aromatic rings. The second-order valence-corrected chi connectivity index (χ2v) is 5.67. The second kappa shape index (κ2) is 8.14. The molecule has 0 aliphatic rings. The van der Waals surface area contributed by atoms with Gasteiger partial charge in [0, 0.05) is 24.4 Å². The largest absolute Gasteiger partial charge is 0.351 e. The lowest BCUT2D eigenvalue weighted by atomic mass is 10.1. The van der Waals surface area contributed by atoms with E-state index in [0.717, 1.165) is 22.5 Å². The highest BCUT2D eigenvalue weighted by Gasteiger charge is 2.18. The molecule has 0 fully saturated rings. The van der Waals surface area contributed by atoms with Gasteiger partial charge < -0.3 is 5.73 Å². The van der Waals surface area contributed by atoms with Crippen LogP contribution in [0.15, 0.2) is 42.7 Å². The van der Waals surface area contributed by atoms with Gasteiger partial charge >= 0.3 is 6.03 Å². The van der Waals surface area contributed by atoms with E-state index in [0.29, 0.717) is 5.82 Å². The number of anilines is 1. The number of carbonyl (C=O) groups excluding carboxylic acids is 1. The van der Waals surface area contributed by atoms with Crippen LogP contribution in [-0.4, -0.2) is 25.6 Å². The van der Waals surface area contributed by atoms with Crippen molar-refractivity contribution in [2.24, 2.45) is 12.8 Å². The van der Waals surface area contributed by atoms with Gasteiger partial charge in [-0.3, -0.25) is 10.00 Å². The minimum absolute atomic E-state index is 0.553. The van der Waals surface area contributed by atoms with Crippen molar-refractivity contribution in [2.75, 3.05) is 5.32 Å². The third-order valence-electron chi connectivity index (χ3n) is 3.34. The van der Waals surface area contributed by atoms with Crippen LogP contribution in [0.2, 0.25) is 0 Å². The summed E-state index contributed by atoms with van der Waals surface area (Å²) in [5.74, 6) is 0.553. The summed E-state index contributed by atoms with van der Waals surface area (Å²) in [5, 5.41) is 11.4. The van der Waals surface area contributed by atoms with E-state index in [-0.39, 0.29) is 0 Å². The molecule has 132 valence electrons. The van der Waals surface area contributed by atoms with E-state index in [4.69, 9.17) is 5.73 Å². The molecule has 7 nitrogen and oxygen atoms in total. The first-order valence-electron chi connectivity index (χ1n) is 8.18. The van der Waals surface area contributed by atoms with Crippen LogP contribution in [-0.2, 0) is 7.05 Å². The first-order chi connectivity index (χ1) is 12.0. The van der Waals surface area contributed by atoms with Crippen molar-refractivity contribution >= 4 is 11.8 Å². The summed E-state index contributed by atoms with van der Waals surface area (Å²) < 4.78 is 3.37. The van der Waals surface area contributed by atoms with Crippen LogP contribution in [0.5, 0.6) is 0 Å². The third kappa shape index (κ3) is 4.26. The maximum atomic E-state index is 11.3. The van der Waals surface area contributed by atoms with Crippen molar-refractivity contribution in [1.82, 2.24) is 19.6 Å². The van der Waals surface area contributed by atoms with Crippen LogP contribution < -0.4 is 11.1 Å². The van der Waals surface area contributed by atoms with Crippen molar-refractivity contribution in [3.05, 3.63) is 48.3 Å². The monoisotopic (exact) mass is 340 g/mol. The van der Waals surface area contributed by atoms with E-state index in [1.54, 1.807) is 15.6 Å². The Balaban J connectivity index is 0.000000701. The van der Waals surface area contributed by atoms with E-state index in [9.17, 15) is 4.79 Å². The number of nitrogens with zero attached hydrogens (tertiary/aromatic N) is 4. The van der Waals surface area contributed by atoms with Gasteiger partial charge in [-0.05, 0) is 19.1 Å². The summed E-state index contributed by atoms with van der Waals surface area (Å²) in [5.41, 5.74) is 8.58. The quantitative estimate of drug-likeness (QED) is 0.764. The molecule has 0 saturated carbocycles. The molecule has 7 heteroatoms. The fraction of sp³-hybridized carbons (Fsp3) is 0.278. The van der Waals surface area contributed by atoms with Crippen molar-refractivity contribution in [3.63, 3.8) is 0 Å². The van der Waals surface area contributed by atoms with E-state index in [2.05, 4.69) is 29.4 Å². The van der Waals surface area contributed by atoms with Crippen molar-refractivity contribution < 1.29 is 4.79 Å². The average molecular weight is 340 g/mol. The molecule has 0 spiro atoms. The summed E-state index contributed by atoms with van der Waals surface area (Å²) >= 11 is 0. The number of nitrogens with one attached hydrogen (secondary N) is 1. The first-order valence-corrected chi connectivity index (χ1v) is 8.18. The second-order valence-electron chi connectivity index (χ2n) is 5.67. The Morgan fingerprint density at radius 3 is 2.40 bits per heavy atom. The van der Waals surface area contributed by atoms with Crippen LogP contribution in [0.3, 0.4) is 0 Å². The Morgan fingerprint density at radius 2 is 1.88 bits per heavy atom. The lowest BCUT2D eigenvalue weighted by Gasteiger charge is -2.07. The number of amides is 2. The van der Waals surface area contributed by atoms with Gasteiger partial charge in [0.2, 0.25) is 0 Å². The van der Waals surface area contributed by atoms with Crippen molar-refractivity contribution in [1.29, 1.82) is 0 Å². The smallest absolute Gasteiger partial charge is 0.317 e. The summed E-state index contributed by atoms with van der Waals surface area (Å²) in [4.78, 5) is 11.3. The molecule has 2 aromatic heterocycles. The maximum Gasteiger partial charge on any atom is 0.317 e. The molecule has 3 N–H and O–H groups in total. The topological polar surface area (TPSA) is 90.8 Å². The maximum absolute atomic E-state index is 11.3. The number of urea groups is 1. The molecule has 0 bridgehead atoms. The van der Waals surface area contributed by atoms with Gasteiger partial charge in [0.05, 0.1) is 11.9 Å². The molecule has 0 saturated heterocycles. The van der Waals surface area contributed by atoms with E-state index in [1.807, 2.05) is 50.5 Å². The molecule has 0 aliphatic heterocycles. The molecule has 25 heavy (non-hydrogen) atoms. The standard InChI is InChI=1S/C15H16N6O.C3H8/c1-10-13(11-8-17-20(2)9-11)19-21(14(10)18-15(16)22)12-6-4-3-5-7-12;1-3-2/h3-9H,1-2H3,(H3,16,18,22);3H2,1-2H3. The van der Waals surface area contributed by atoms with Gasteiger partial charge in [0.1, 0.15) is 11.5 Å². The summed E-state index contributed by atoms with van der Waals surface area (Å²) in [6, 6.07) is 8.92. The predicted octanol–water partition coefficient (Wildman–Crippen LogP) is 3.49. The number of rotatable bonds is 3. The SMILES string of the molecule is CCC.Cc1c(-c2cnn(C)c2)nn(-c2ccccc2)c1NC(N)=O. The molecule has 0 atom stereocenters. The first kappa shape index (κ1) is 18.3. The number of para-hydroxylation sites is 1. The van der Waals surface area contributed by atoms with Gasteiger partial charge in [-0.2, -0.15) is 10.2 Å². The number of hydrogen-bond acceptors (Lipinski definition) is 3. The van der Waals surface area contributed by atoms with Gasteiger partial charge in [-0.15, -0.1) is 0 Å². The Hall–Kier alpha value is -3.09. The molecule has 0 unspecified atom stereocenters. The van der Waals surface area contributed by atoms with Crippen LogP contribution in [0.1, 0.15) is 25.8 Å². The van der Waals surface area contributed by atoms with Crippen molar-refractivity contribution in [3.8, 4) is 16.9 Å². The fourth-order valence-corrected chi connectivity index (χ4v) is 2.33. The lowest BCUT2D eigenvalue weighted by molar-refractivity contribution is 0.259. The van der Waals surface area contributed by atoms with E-state index < -0.39 is 6.03 Å². The van der Waals surface area contributed by atoms with Gasteiger partial charge in [0.15, 0.2) is 0 Å². The minimum Gasteiger partial charge on any atom is -0.351 e. The number of primary amides is 1. The van der Waals surface area contributed by atoms with Crippen LogP contribution in [0.4, 0.5) is 10.6 Å². The molecule has 3 rings (SSSR count). The van der Waals surface area contributed by atoms with E-state index in [1.165, 1.54) is 6.42 Å². The van der Waals surface area contributed by atoms with Crippen LogP contribution >= 0.6 is 0 Å². The minimum atomic E-state index is -0.627. The lowest BCUT2D eigenvalue weighted by Crippen LogP contribution is -2.21. The van der Waals surface area contributed by atoms with E-state index >= 15 is 0 Å². The number of aryl methyl sites for hydroxylation is 1. The molecule has 1 aromatic carbocycles. The fourth-order valence-electron chi connectivity index (χ4n) is 2.33. The molecule has 2 amide bonds. The normalized spacial score (nSPS) is 10.1.